The van der Waals surface area contributed by atoms with Crippen LogP contribution < -0.4 is 0 Å². The van der Waals surface area contributed by atoms with Crippen molar-refractivity contribution < 1.29 is 15.3 Å². The van der Waals surface area contributed by atoms with E-state index in [-0.39, 0.29) is 18.1 Å². The zero-order chi connectivity index (χ0) is 17.4. The summed E-state index contributed by atoms with van der Waals surface area (Å²) in [5.74, 6) is 0.529. The molecule has 0 aliphatic heterocycles. The van der Waals surface area contributed by atoms with Crippen molar-refractivity contribution in [3.8, 4) is 11.5 Å². The fraction of sp³-hybridized carbons (Fsp3) is 0.0909. The second kappa shape index (κ2) is 6.11. The number of hydrogen-bond acceptors (Lipinski definition) is 3. The number of benzene rings is 4. The molecule has 4 aromatic rings. The van der Waals surface area contributed by atoms with Gasteiger partial charge in [0.25, 0.3) is 0 Å². The quantitative estimate of drug-likeness (QED) is 0.519. The van der Waals surface area contributed by atoms with Gasteiger partial charge < -0.3 is 15.3 Å². The smallest absolute Gasteiger partial charge is 0.119 e. The molecule has 3 heteroatoms. The molecule has 4 rings (SSSR count). The van der Waals surface area contributed by atoms with E-state index in [4.69, 9.17) is 0 Å². The minimum atomic E-state index is 0.00364. The van der Waals surface area contributed by atoms with Crippen LogP contribution in [0.4, 0.5) is 0 Å². The number of hydrogen-bond donors (Lipinski definition) is 3. The molecule has 0 aliphatic rings. The molecule has 0 aliphatic carbocycles. The van der Waals surface area contributed by atoms with E-state index in [1.54, 1.807) is 18.2 Å². The van der Waals surface area contributed by atoms with Crippen molar-refractivity contribution in [3.63, 3.8) is 0 Å². The van der Waals surface area contributed by atoms with Gasteiger partial charge in [-0.05, 0) is 56.9 Å². The first kappa shape index (κ1) is 15.5. The fourth-order valence-electron chi connectivity index (χ4n) is 3.31. The monoisotopic (exact) mass is 330 g/mol. The Morgan fingerprint density at radius 1 is 0.640 bits per heavy atom. The maximum absolute atomic E-state index is 10.4. The molecule has 0 atom stereocenters. The molecule has 0 bridgehead atoms. The predicted molar refractivity (Wildman–Crippen MR) is 100.0 cm³/mol. The highest BCUT2D eigenvalue weighted by Crippen LogP contribution is 2.31. The van der Waals surface area contributed by atoms with E-state index in [1.165, 1.54) is 0 Å². The fourth-order valence-corrected chi connectivity index (χ4v) is 3.31. The topological polar surface area (TPSA) is 60.7 Å². The molecular weight excluding hydrogens is 312 g/mol. The molecule has 0 unspecified atom stereocenters. The molecule has 0 spiro atoms. The SMILES string of the molecule is OCc1ccc2c(Cc3ccc4cc(O)ccc4c3)c(O)ccc2c1. The maximum Gasteiger partial charge on any atom is 0.119 e. The number of aliphatic hydroxyl groups excluding tert-OH is 1. The number of rotatable bonds is 3. The van der Waals surface area contributed by atoms with Crippen LogP contribution in [0.25, 0.3) is 21.5 Å². The Morgan fingerprint density at radius 3 is 2.16 bits per heavy atom. The van der Waals surface area contributed by atoms with Gasteiger partial charge in [-0.3, -0.25) is 0 Å². The molecule has 0 aromatic heterocycles. The molecule has 0 amide bonds. The van der Waals surface area contributed by atoms with Crippen molar-refractivity contribution in [2.45, 2.75) is 13.0 Å². The zero-order valence-electron chi connectivity index (χ0n) is 13.6. The summed E-state index contributed by atoms with van der Waals surface area (Å²) in [7, 11) is 0. The summed E-state index contributed by atoms with van der Waals surface area (Å²) < 4.78 is 0. The highest BCUT2D eigenvalue weighted by atomic mass is 16.3. The predicted octanol–water partition coefficient (Wildman–Crippen LogP) is 4.49. The average Bonchev–Trinajstić information content (AvgIpc) is 2.63. The van der Waals surface area contributed by atoms with Gasteiger partial charge in [0.05, 0.1) is 6.61 Å². The molecule has 0 radical (unpaired) electrons. The first-order chi connectivity index (χ1) is 12.1. The van der Waals surface area contributed by atoms with Crippen LogP contribution in [0.15, 0.2) is 66.7 Å². The molecule has 0 fully saturated rings. The Bertz CT molecular complexity index is 1080. The largest absolute Gasteiger partial charge is 0.508 e. The minimum absolute atomic E-state index is 0.00364. The maximum atomic E-state index is 10.4. The van der Waals surface area contributed by atoms with Crippen molar-refractivity contribution in [2.24, 2.45) is 0 Å². The third kappa shape index (κ3) is 2.90. The molecule has 0 saturated carbocycles. The lowest BCUT2D eigenvalue weighted by molar-refractivity contribution is 0.282. The van der Waals surface area contributed by atoms with Crippen LogP contribution in [-0.2, 0) is 13.0 Å². The van der Waals surface area contributed by atoms with E-state index in [2.05, 4.69) is 6.07 Å². The Labute approximate surface area is 145 Å². The van der Waals surface area contributed by atoms with E-state index < -0.39 is 0 Å². The van der Waals surface area contributed by atoms with Gasteiger partial charge in [0.15, 0.2) is 0 Å². The lowest BCUT2D eigenvalue weighted by Gasteiger charge is -2.11. The Hall–Kier alpha value is -3.04. The molecule has 3 N–H and O–H groups in total. The molecule has 0 heterocycles. The first-order valence-electron chi connectivity index (χ1n) is 8.20. The van der Waals surface area contributed by atoms with Crippen LogP contribution >= 0.6 is 0 Å². The molecule has 124 valence electrons. The van der Waals surface area contributed by atoms with Crippen molar-refractivity contribution >= 4 is 21.5 Å². The summed E-state index contributed by atoms with van der Waals surface area (Å²) >= 11 is 0. The van der Waals surface area contributed by atoms with Crippen molar-refractivity contribution in [1.82, 2.24) is 0 Å². The second-order valence-corrected chi connectivity index (χ2v) is 6.32. The Morgan fingerprint density at radius 2 is 1.32 bits per heavy atom. The molecular formula is C22H18O3. The number of aliphatic hydroxyl groups is 1. The van der Waals surface area contributed by atoms with Crippen LogP contribution in [0, 0.1) is 0 Å². The van der Waals surface area contributed by atoms with Gasteiger partial charge in [0, 0.05) is 12.0 Å². The Balaban J connectivity index is 1.79. The molecule has 0 saturated heterocycles. The lowest BCUT2D eigenvalue weighted by Crippen LogP contribution is -1.92. The normalized spacial score (nSPS) is 11.2. The summed E-state index contributed by atoms with van der Waals surface area (Å²) in [6.07, 6.45) is 0.610. The number of aromatic hydroxyl groups is 2. The van der Waals surface area contributed by atoms with Crippen LogP contribution in [0.2, 0.25) is 0 Å². The van der Waals surface area contributed by atoms with Crippen LogP contribution in [0.3, 0.4) is 0 Å². The highest BCUT2D eigenvalue weighted by Gasteiger charge is 2.09. The third-order valence-corrected chi connectivity index (χ3v) is 4.62. The summed E-state index contributed by atoms with van der Waals surface area (Å²) in [5.41, 5.74) is 2.82. The van der Waals surface area contributed by atoms with Gasteiger partial charge in [-0.2, -0.15) is 0 Å². The molecule has 4 aromatic carbocycles. The summed E-state index contributed by atoms with van der Waals surface area (Å²) in [5, 5.41) is 33.3. The number of phenolic OH excluding ortho intramolecular Hbond substituents is 2. The van der Waals surface area contributed by atoms with Crippen LogP contribution in [-0.4, -0.2) is 15.3 Å². The second-order valence-electron chi connectivity index (χ2n) is 6.32. The average molecular weight is 330 g/mol. The zero-order valence-corrected chi connectivity index (χ0v) is 13.6. The summed E-state index contributed by atoms with van der Waals surface area (Å²) in [6.45, 7) is 0.00364. The van der Waals surface area contributed by atoms with Gasteiger partial charge in [0.1, 0.15) is 11.5 Å². The van der Waals surface area contributed by atoms with Crippen LogP contribution in [0.5, 0.6) is 11.5 Å². The van der Waals surface area contributed by atoms with E-state index >= 15 is 0 Å². The lowest BCUT2D eigenvalue weighted by atomic mass is 9.95. The molecule has 3 nitrogen and oxygen atoms in total. The van der Waals surface area contributed by atoms with E-state index in [0.717, 1.165) is 38.2 Å². The van der Waals surface area contributed by atoms with Crippen LogP contribution in [0.1, 0.15) is 16.7 Å². The summed E-state index contributed by atoms with van der Waals surface area (Å²) in [6, 6.07) is 20.8. The highest BCUT2D eigenvalue weighted by molar-refractivity contribution is 5.89. The first-order valence-corrected chi connectivity index (χ1v) is 8.20. The third-order valence-electron chi connectivity index (χ3n) is 4.62. The van der Waals surface area contributed by atoms with E-state index in [1.807, 2.05) is 42.5 Å². The van der Waals surface area contributed by atoms with Crippen molar-refractivity contribution in [1.29, 1.82) is 0 Å². The van der Waals surface area contributed by atoms with Crippen molar-refractivity contribution in [2.75, 3.05) is 0 Å². The van der Waals surface area contributed by atoms with E-state index in [9.17, 15) is 15.3 Å². The standard InChI is InChI=1S/C22H18O3/c23-13-15-2-7-20-18(10-15)5-8-22(25)21(20)11-14-1-3-17-12-19(24)6-4-16(17)9-14/h1-10,12,23-25H,11,13H2. The minimum Gasteiger partial charge on any atom is -0.508 e. The van der Waals surface area contributed by atoms with Gasteiger partial charge in [-0.1, -0.05) is 42.5 Å². The van der Waals surface area contributed by atoms with Gasteiger partial charge in [0.2, 0.25) is 0 Å². The Kier molecular flexibility index (Phi) is 3.79. The van der Waals surface area contributed by atoms with Gasteiger partial charge in [-0.25, -0.2) is 0 Å². The summed E-state index contributed by atoms with van der Waals surface area (Å²) in [4.78, 5) is 0. The van der Waals surface area contributed by atoms with Gasteiger partial charge in [-0.15, -0.1) is 0 Å². The van der Waals surface area contributed by atoms with Gasteiger partial charge >= 0.3 is 0 Å². The molecule has 25 heavy (non-hydrogen) atoms. The van der Waals surface area contributed by atoms with E-state index in [0.29, 0.717) is 6.42 Å². The number of fused-ring (bicyclic) bond motifs is 2. The van der Waals surface area contributed by atoms with Crippen molar-refractivity contribution in [3.05, 3.63) is 83.4 Å². The number of phenols is 2.